The summed E-state index contributed by atoms with van der Waals surface area (Å²) < 4.78 is 5.82. The maximum Gasteiger partial charge on any atom is 0.255 e. The predicted octanol–water partition coefficient (Wildman–Crippen LogP) is 1.44. The molecule has 23 heavy (non-hydrogen) atoms. The number of anilines is 1. The number of aryl methyl sites for hydroxylation is 1. The third kappa shape index (κ3) is 3.45. The Balaban J connectivity index is 1.78. The lowest BCUT2D eigenvalue weighted by Crippen LogP contribution is -2.42. The van der Waals surface area contributed by atoms with Crippen LogP contribution in [-0.2, 0) is 4.74 Å². The molecule has 7 heteroatoms. The molecule has 2 aromatic heterocycles. The molecule has 0 bridgehead atoms. The minimum Gasteiger partial charge on any atom is -0.388 e. The van der Waals surface area contributed by atoms with Gasteiger partial charge in [0.15, 0.2) is 0 Å². The quantitative estimate of drug-likeness (QED) is 0.923. The Morgan fingerprint density at radius 2 is 2.26 bits per heavy atom. The van der Waals surface area contributed by atoms with Crippen LogP contribution in [-0.4, -0.2) is 52.7 Å². The molecule has 0 aliphatic carbocycles. The highest BCUT2D eigenvalue weighted by Gasteiger charge is 2.27. The van der Waals surface area contributed by atoms with Crippen molar-refractivity contribution in [1.82, 2.24) is 20.1 Å². The number of carbonyl (C=O) groups is 1. The van der Waals surface area contributed by atoms with E-state index >= 15 is 0 Å². The minimum absolute atomic E-state index is 0.0605. The number of hydrogen-bond donors (Lipinski definition) is 1. The van der Waals surface area contributed by atoms with Gasteiger partial charge in [-0.05, 0) is 25.1 Å². The lowest BCUT2D eigenvalue weighted by molar-refractivity contribution is -0.0247. The molecule has 1 amide bonds. The van der Waals surface area contributed by atoms with Gasteiger partial charge in [0.25, 0.3) is 5.91 Å². The molecule has 2 aromatic rings. The average Bonchev–Trinajstić information content (AvgIpc) is 2.61. The number of carbonyl (C=O) groups excluding carboxylic acids is 1. The molecule has 0 radical (unpaired) electrons. The van der Waals surface area contributed by atoms with Crippen LogP contribution in [0.1, 0.15) is 27.8 Å². The largest absolute Gasteiger partial charge is 0.388 e. The molecule has 120 valence electrons. The van der Waals surface area contributed by atoms with Crippen molar-refractivity contribution in [2.45, 2.75) is 13.0 Å². The van der Waals surface area contributed by atoms with Crippen LogP contribution in [0.3, 0.4) is 0 Å². The molecule has 1 unspecified atom stereocenters. The van der Waals surface area contributed by atoms with Crippen LogP contribution in [0.15, 0.2) is 30.6 Å². The number of nitrogens with zero attached hydrogens (tertiary/aromatic N) is 4. The molecule has 7 nitrogen and oxygen atoms in total. The summed E-state index contributed by atoms with van der Waals surface area (Å²) in [4.78, 5) is 18.9. The number of hydrogen-bond acceptors (Lipinski definition) is 6. The highest BCUT2D eigenvalue weighted by molar-refractivity contribution is 5.93. The molecule has 1 atom stereocenters. The van der Waals surface area contributed by atoms with Gasteiger partial charge in [-0.3, -0.25) is 9.78 Å². The van der Waals surface area contributed by atoms with E-state index in [0.717, 1.165) is 17.1 Å². The van der Waals surface area contributed by atoms with E-state index in [9.17, 15) is 4.79 Å². The van der Waals surface area contributed by atoms with Gasteiger partial charge in [0.1, 0.15) is 6.10 Å². The lowest BCUT2D eigenvalue weighted by atomic mass is 10.1. The minimum atomic E-state index is -0.227. The Bertz CT molecular complexity index is 692. The molecule has 0 spiro atoms. The van der Waals surface area contributed by atoms with Crippen LogP contribution >= 0.6 is 0 Å². The molecular formula is C16H19N5O2. The summed E-state index contributed by atoms with van der Waals surface area (Å²) in [5.74, 6) is -0.0605. The van der Waals surface area contributed by atoms with Gasteiger partial charge in [-0.1, -0.05) is 0 Å². The van der Waals surface area contributed by atoms with Crippen molar-refractivity contribution in [2.75, 3.05) is 32.1 Å². The molecule has 1 saturated heterocycles. The van der Waals surface area contributed by atoms with Gasteiger partial charge >= 0.3 is 0 Å². The second-order valence-corrected chi connectivity index (χ2v) is 5.41. The Morgan fingerprint density at radius 1 is 1.39 bits per heavy atom. The van der Waals surface area contributed by atoms with Gasteiger partial charge in [-0.15, -0.1) is 0 Å². The van der Waals surface area contributed by atoms with Crippen LogP contribution in [0.5, 0.6) is 0 Å². The second kappa shape index (κ2) is 6.70. The zero-order chi connectivity index (χ0) is 16.2. The zero-order valence-corrected chi connectivity index (χ0v) is 13.2. The summed E-state index contributed by atoms with van der Waals surface area (Å²) in [6.45, 7) is 3.46. The number of rotatable bonds is 3. The molecule has 3 heterocycles. The third-order valence-electron chi connectivity index (χ3n) is 3.78. The van der Waals surface area contributed by atoms with Crippen molar-refractivity contribution in [3.63, 3.8) is 0 Å². The normalized spacial score (nSPS) is 17.8. The van der Waals surface area contributed by atoms with E-state index in [1.165, 1.54) is 12.4 Å². The lowest BCUT2D eigenvalue weighted by Gasteiger charge is -2.33. The van der Waals surface area contributed by atoms with Crippen molar-refractivity contribution in [3.8, 4) is 0 Å². The predicted molar refractivity (Wildman–Crippen MR) is 85.1 cm³/mol. The maximum absolute atomic E-state index is 12.5. The first kappa shape index (κ1) is 15.4. The number of morpholine rings is 1. The Labute approximate surface area is 134 Å². The van der Waals surface area contributed by atoms with Crippen molar-refractivity contribution < 1.29 is 9.53 Å². The van der Waals surface area contributed by atoms with Gasteiger partial charge in [-0.2, -0.15) is 10.2 Å². The summed E-state index contributed by atoms with van der Waals surface area (Å²) >= 11 is 0. The maximum atomic E-state index is 12.5. The van der Waals surface area contributed by atoms with E-state index in [2.05, 4.69) is 20.5 Å². The third-order valence-corrected chi connectivity index (χ3v) is 3.78. The van der Waals surface area contributed by atoms with Crippen LogP contribution in [0, 0.1) is 6.92 Å². The zero-order valence-electron chi connectivity index (χ0n) is 13.2. The monoisotopic (exact) mass is 313 g/mol. The van der Waals surface area contributed by atoms with Crippen molar-refractivity contribution in [1.29, 1.82) is 0 Å². The van der Waals surface area contributed by atoms with Gasteiger partial charge in [0.05, 0.1) is 36.8 Å². The van der Waals surface area contributed by atoms with Crippen LogP contribution in [0.25, 0.3) is 0 Å². The van der Waals surface area contributed by atoms with Crippen LogP contribution < -0.4 is 5.32 Å². The SMILES string of the molecule is CNc1cc(C)nc(C2CN(C(=O)c3ccnnc3)CCO2)c1. The molecule has 1 aliphatic heterocycles. The topological polar surface area (TPSA) is 80.2 Å². The Hall–Kier alpha value is -2.54. The van der Waals surface area contributed by atoms with Crippen molar-refractivity contribution in [2.24, 2.45) is 0 Å². The summed E-state index contributed by atoms with van der Waals surface area (Å²) in [6, 6.07) is 5.60. The number of ether oxygens (including phenoxy) is 1. The van der Waals surface area contributed by atoms with Crippen molar-refractivity contribution >= 4 is 11.6 Å². The molecule has 1 fully saturated rings. The van der Waals surface area contributed by atoms with Gasteiger partial charge in [0, 0.05) is 25.0 Å². The smallest absolute Gasteiger partial charge is 0.255 e. The Morgan fingerprint density at radius 3 is 3.00 bits per heavy atom. The van der Waals surface area contributed by atoms with E-state index in [4.69, 9.17) is 4.74 Å². The molecule has 1 N–H and O–H groups in total. The molecule has 0 aromatic carbocycles. The highest BCUT2D eigenvalue weighted by Crippen LogP contribution is 2.24. The van der Waals surface area contributed by atoms with Crippen LogP contribution in [0.2, 0.25) is 0 Å². The number of amides is 1. The summed E-state index contributed by atoms with van der Waals surface area (Å²) in [5, 5.41) is 10.6. The van der Waals surface area contributed by atoms with Gasteiger partial charge in [0.2, 0.25) is 0 Å². The second-order valence-electron chi connectivity index (χ2n) is 5.41. The summed E-state index contributed by atoms with van der Waals surface area (Å²) in [6.07, 6.45) is 2.78. The average molecular weight is 313 g/mol. The first-order valence-corrected chi connectivity index (χ1v) is 7.51. The Kier molecular flexibility index (Phi) is 4.47. The fraction of sp³-hybridized carbons (Fsp3) is 0.375. The number of nitrogens with one attached hydrogen (secondary N) is 1. The highest BCUT2D eigenvalue weighted by atomic mass is 16.5. The fourth-order valence-electron chi connectivity index (χ4n) is 2.62. The first-order chi connectivity index (χ1) is 11.2. The fourth-order valence-corrected chi connectivity index (χ4v) is 2.62. The van der Waals surface area contributed by atoms with Crippen LogP contribution in [0.4, 0.5) is 5.69 Å². The first-order valence-electron chi connectivity index (χ1n) is 7.51. The van der Waals surface area contributed by atoms with E-state index in [-0.39, 0.29) is 12.0 Å². The number of pyridine rings is 1. The molecule has 1 aliphatic rings. The molecule has 0 saturated carbocycles. The molecular weight excluding hydrogens is 294 g/mol. The standard InChI is InChI=1S/C16H19N5O2/c1-11-7-13(17-2)8-14(20-11)15-10-21(5-6-23-15)16(22)12-3-4-18-19-9-12/h3-4,7-9,15H,5-6,10H2,1-2H3,(H,17,20). The van der Waals surface area contributed by atoms with Gasteiger partial charge < -0.3 is 15.0 Å². The van der Waals surface area contributed by atoms with Crippen molar-refractivity contribution in [3.05, 3.63) is 47.5 Å². The number of aromatic nitrogens is 3. The van der Waals surface area contributed by atoms with Gasteiger partial charge in [-0.25, -0.2) is 0 Å². The summed E-state index contributed by atoms with van der Waals surface area (Å²) in [5.41, 5.74) is 3.27. The summed E-state index contributed by atoms with van der Waals surface area (Å²) in [7, 11) is 1.87. The molecule has 3 rings (SSSR count). The van der Waals surface area contributed by atoms with E-state index < -0.39 is 0 Å². The van der Waals surface area contributed by atoms with E-state index in [1.807, 2.05) is 26.1 Å². The van der Waals surface area contributed by atoms with E-state index in [0.29, 0.717) is 25.3 Å². The van der Waals surface area contributed by atoms with E-state index in [1.54, 1.807) is 11.0 Å².